The van der Waals surface area contributed by atoms with Crippen molar-refractivity contribution in [2.24, 2.45) is 0 Å². The number of rotatable bonds is 4. The minimum absolute atomic E-state index is 0.177. The van der Waals surface area contributed by atoms with E-state index in [9.17, 15) is 9.59 Å². The summed E-state index contributed by atoms with van der Waals surface area (Å²) in [4.78, 5) is 30.3. The van der Waals surface area contributed by atoms with Gasteiger partial charge >= 0.3 is 5.97 Å². The average Bonchev–Trinajstić information content (AvgIpc) is 3.14. The second-order valence-electron chi connectivity index (χ2n) is 7.53. The summed E-state index contributed by atoms with van der Waals surface area (Å²) in [5, 5.41) is 0.794. The molecule has 0 saturated heterocycles. The first-order valence-electron chi connectivity index (χ1n) is 9.64. The first-order chi connectivity index (χ1) is 13.5. The third-order valence-corrected chi connectivity index (χ3v) is 5.60. The lowest BCUT2D eigenvalue weighted by Gasteiger charge is -2.13. The van der Waals surface area contributed by atoms with Crippen LogP contribution in [0.3, 0.4) is 0 Å². The molecule has 4 nitrogen and oxygen atoms in total. The molecule has 0 atom stereocenters. The molecule has 2 aromatic carbocycles. The third kappa shape index (κ3) is 3.19. The molecule has 1 heterocycles. The van der Waals surface area contributed by atoms with E-state index in [1.165, 1.54) is 0 Å². The molecule has 0 radical (unpaired) electrons. The van der Waals surface area contributed by atoms with Crippen LogP contribution in [0.4, 0.5) is 0 Å². The zero-order valence-corrected chi connectivity index (χ0v) is 16.5. The number of ether oxygens (including phenoxy) is 1. The maximum atomic E-state index is 13.0. The summed E-state index contributed by atoms with van der Waals surface area (Å²) in [7, 11) is 0. The Bertz CT molecular complexity index is 1110. The summed E-state index contributed by atoms with van der Waals surface area (Å²) in [5.41, 5.74) is 7.03. The topological polar surface area (TPSA) is 56.3 Å². The molecule has 0 amide bonds. The Morgan fingerprint density at radius 2 is 1.75 bits per heavy atom. The smallest absolute Gasteiger partial charge is 0.339 e. The molecule has 142 valence electrons. The van der Waals surface area contributed by atoms with E-state index in [0.717, 1.165) is 58.1 Å². The number of aromatic nitrogens is 1. The van der Waals surface area contributed by atoms with Crippen molar-refractivity contribution < 1.29 is 14.3 Å². The summed E-state index contributed by atoms with van der Waals surface area (Å²) >= 11 is 0. The highest BCUT2D eigenvalue weighted by Gasteiger charge is 2.25. The number of fused-ring (bicyclic) bond motifs is 2. The van der Waals surface area contributed by atoms with Crippen LogP contribution in [0, 0.1) is 20.8 Å². The van der Waals surface area contributed by atoms with Crippen molar-refractivity contribution in [3.05, 3.63) is 75.5 Å². The lowest BCUT2D eigenvalue weighted by Crippen LogP contribution is -2.17. The Morgan fingerprint density at radius 1 is 1.00 bits per heavy atom. The van der Waals surface area contributed by atoms with Gasteiger partial charge in [0.25, 0.3) is 0 Å². The fourth-order valence-corrected chi connectivity index (χ4v) is 3.99. The first kappa shape index (κ1) is 18.4. The molecule has 0 aliphatic heterocycles. The van der Waals surface area contributed by atoms with Crippen LogP contribution in [0.15, 0.2) is 36.4 Å². The molecular formula is C24H23NO3. The van der Waals surface area contributed by atoms with Gasteiger partial charge in [-0.1, -0.05) is 24.3 Å². The van der Waals surface area contributed by atoms with Crippen molar-refractivity contribution in [2.45, 2.75) is 40.0 Å². The van der Waals surface area contributed by atoms with Gasteiger partial charge in [0.05, 0.1) is 11.1 Å². The fourth-order valence-electron chi connectivity index (χ4n) is 3.99. The molecular weight excluding hydrogens is 350 g/mol. The predicted molar refractivity (Wildman–Crippen MR) is 109 cm³/mol. The van der Waals surface area contributed by atoms with Gasteiger partial charge in [0, 0.05) is 16.6 Å². The second kappa shape index (κ2) is 7.19. The van der Waals surface area contributed by atoms with Crippen molar-refractivity contribution in [1.29, 1.82) is 0 Å². The van der Waals surface area contributed by atoms with E-state index in [2.05, 4.69) is 0 Å². The molecule has 0 fully saturated rings. The number of aryl methyl sites for hydroxylation is 4. The number of nitrogens with zero attached hydrogens (tertiary/aromatic N) is 1. The SMILES string of the molecule is Cc1cc(C)c(C(=O)COC(=O)c2c3c(nc4ccccc24)CCC3)cc1C. The van der Waals surface area contributed by atoms with Crippen LogP contribution in [-0.2, 0) is 17.6 Å². The molecule has 0 N–H and O–H groups in total. The van der Waals surface area contributed by atoms with Crippen molar-refractivity contribution >= 4 is 22.7 Å². The predicted octanol–water partition coefficient (Wildman–Crippen LogP) is 4.69. The molecule has 1 aromatic heterocycles. The molecule has 0 bridgehead atoms. The van der Waals surface area contributed by atoms with Gasteiger partial charge in [0.1, 0.15) is 0 Å². The van der Waals surface area contributed by atoms with E-state index in [0.29, 0.717) is 11.1 Å². The molecule has 1 aliphatic carbocycles. The Balaban J connectivity index is 1.62. The molecule has 3 aromatic rings. The quantitative estimate of drug-likeness (QED) is 0.492. The zero-order valence-electron chi connectivity index (χ0n) is 16.5. The number of carbonyl (C=O) groups is 2. The molecule has 4 rings (SSSR count). The number of para-hydroxylation sites is 1. The molecule has 0 saturated carbocycles. The van der Waals surface area contributed by atoms with Gasteiger partial charge in [-0.3, -0.25) is 9.78 Å². The van der Waals surface area contributed by atoms with Crippen LogP contribution in [0.2, 0.25) is 0 Å². The van der Waals surface area contributed by atoms with Gasteiger partial charge in [-0.05, 0) is 74.4 Å². The van der Waals surface area contributed by atoms with Gasteiger partial charge < -0.3 is 4.74 Å². The number of pyridine rings is 1. The van der Waals surface area contributed by atoms with Gasteiger partial charge in [-0.25, -0.2) is 4.79 Å². The summed E-state index contributed by atoms with van der Waals surface area (Å²) in [6.45, 7) is 5.65. The highest BCUT2D eigenvalue weighted by Crippen LogP contribution is 2.30. The summed E-state index contributed by atoms with van der Waals surface area (Å²) in [5.74, 6) is -0.615. The monoisotopic (exact) mass is 373 g/mol. The van der Waals surface area contributed by atoms with Crippen molar-refractivity contribution in [1.82, 2.24) is 4.98 Å². The van der Waals surface area contributed by atoms with Crippen LogP contribution in [0.5, 0.6) is 0 Å². The second-order valence-corrected chi connectivity index (χ2v) is 7.53. The maximum Gasteiger partial charge on any atom is 0.339 e. The fraction of sp³-hybridized carbons (Fsp3) is 0.292. The first-order valence-corrected chi connectivity index (χ1v) is 9.64. The Hall–Kier alpha value is -3.01. The normalized spacial score (nSPS) is 12.8. The van der Waals surface area contributed by atoms with E-state index < -0.39 is 5.97 Å². The van der Waals surface area contributed by atoms with Gasteiger partial charge in [0.15, 0.2) is 6.61 Å². The number of hydrogen-bond donors (Lipinski definition) is 0. The summed E-state index contributed by atoms with van der Waals surface area (Å²) < 4.78 is 5.49. The standard InChI is InChI=1S/C24H23NO3/c1-14-11-16(3)19(12-15(14)2)22(26)13-28-24(27)23-17-7-4-5-9-20(17)25-21-10-6-8-18(21)23/h4-5,7,9,11-12H,6,8,10,13H2,1-3H3. The third-order valence-electron chi connectivity index (χ3n) is 5.60. The molecule has 0 unspecified atom stereocenters. The van der Waals surface area contributed by atoms with Crippen molar-refractivity contribution in [3.63, 3.8) is 0 Å². The highest BCUT2D eigenvalue weighted by atomic mass is 16.5. The summed E-state index contributed by atoms with van der Waals surface area (Å²) in [6, 6.07) is 11.5. The number of benzene rings is 2. The highest BCUT2D eigenvalue weighted by molar-refractivity contribution is 6.06. The number of ketones is 1. The summed E-state index contributed by atoms with van der Waals surface area (Å²) in [6.07, 6.45) is 2.68. The van der Waals surface area contributed by atoms with Crippen molar-refractivity contribution in [2.75, 3.05) is 6.61 Å². The number of Topliss-reactive ketones (excluding diaryl/α,β-unsaturated/α-hetero) is 1. The van der Waals surface area contributed by atoms with Crippen molar-refractivity contribution in [3.8, 4) is 0 Å². The van der Waals surface area contributed by atoms with E-state index in [4.69, 9.17) is 9.72 Å². The lowest BCUT2D eigenvalue weighted by atomic mass is 9.98. The minimum Gasteiger partial charge on any atom is -0.454 e. The van der Waals surface area contributed by atoms with E-state index in [-0.39, 0.29) is 12.4 Å². The van der Waals surface area contributed by atoms with Gasteiger partial charge in [-0.2, -0.15) is 0 Å². The Morgan fingerprint density at radius 3 is 2.57 bits per heavy atom. The number of carbonyl (C=O) groups excluding carboxylic acids is 2. The largest absolute Gasteiger partial charge is 0.454 e. The lowest BCUT2D eigenvalue weighted by molar-refractivity contribution is 0.0475. The average molecular weight is 373 g/mol. The van der Waals surface area contributed by atoms with E-state index in [1.54, 1.807) is 0 Å². The van der Waals surface area contributed by atoms with Crippen LogP contribution < -0.4 is 0 Å². The molecule has 0 spiro atoms. The van der Waals surface area contributed by atoms with Crippen LogP contribution >= 0.6 is 0 Å². The van der Waals surface area contributed by atoms with Gasteiger partial charge in [0.2, 0.25) is 5.78 Å². The Labute approximate surface area is 164 Å². The number of hydrogen-bond acceptors (Lipinski definition) is 4. The van der Waals surface area contributed by atoms with Crippen LogP contribution in [0.1, 0.15) is 55.1 Å². The molecule has 4 heteroatoms. The van der Waals surface area contributed by atoms with E-state index in [1.807, 2.05) is 57.2 Å². The molecule has 1 aliphatic rings. The van der Waals surface area contributed by atoms with Crippen LogP contribution in [0.25, 0.3) is 10.9 Å². The maximum absolute atomic E-state index is 13.0. The number of esters is 1. The van der Waals surface area contributed by atoms with E-state index >= 15 is 0 Å². The van der Waals surface area contributed by atoms with Crippen LogP contribution in [-0.4, -0.2) is 23.3 Å². The Kier molecular flexibility index (Phi) is 4.71. The zero-order chi connectivity index (χ0) is 19.8. The van der Waals surface area contributed by atoms with Gasteiger partial charge in [-0.15, -0.1) is 0 Å². The molecule has 28 heavy (non-hydrogen) atoms. The minimum atomic E-state index is -0.438.